The normalized spacial score (nSPS) is 27.8. The quantitative estimate of drug-likeness (QED) is 0.720. The van der Waals surface area contributed by atoms with Gasteiger partial charge >= 0.3 is 0 Å². The molecular formula is C11H20N2. The molecule has 0 aliphatic heterocycles. The van der Waals surface area contributed by atoms with Crippen LogP contribution in [0.2, 0.25) is 0 Å². The van der Waals surface area contributed by atoms with Crippen molar-refractivity contribution in [2.24, 2.45) is 11.3 Å². The van der Waals surface area contributed by atoms with Gasteiger partial charge in [0, 0.05) is 6.04 Å². The Hall–Kier alpha value is -0.550. The molecule has 0 saturated heterocycles. The van der Waals surface area contributed by atoms with E-state index in [9.17, 15) is 0 Å². The minimum absolute atomic E-state index is 0.164. The average molecular weight is 180 g/mol. The fourth-order valence-corrected chi connectivity index (χ4v) is 1.71. The number of rotatable bonds is 4. The van der Waals surface area contributed by atoms with E-state index in [1.165, 1.54) is 12.8 Å². The fourth-order valence-electron chi connectivity index (χ4n) is 1.71. The Balaban J connectivity index is 2.05. The van der Waals surface area contributed by atoms with Crippen LogP contribution in [0.15, 0.2) is 0 Å². The zero-order valence-corrected chi connectivity index (χ0v) is 8.93. The summed E-state index contributed by atoms with van der Waals surface area (Å²) >= 11 is 0. The SMILES string of the molecule is CC1CC(NCCC(C)(C)C#N)C1. The Bertz CT molecular complexity index is 197. The highest BCUT2D eigenvalue weighted by atomic mass is 14.9. The van der Waals surface area contributed by atoms with E-state index in [1.807, 2.05) is 13.8 Å². The zero-order chi connectivity index (χ0) is 9.90. The molecule has 2 nitrogen and oxygen atoms in total. The molecule has 1 N–H and O–H groups in total. The van der Waals surface area contributed by atoms with Gasteiger partial charge < -0.3 is 5.32 Å². The summed E-state index contributed by atoms with van der Waals surface area (Å²) in [6.45, 7) is 7.27. The lowest BCUT2D eigenvalue weighted by atomic mass is 9.81. The first-order valence-electron chi connectivity index (χ1n) is 5.18. The van der Waals surface area contributed by atoms with E-state index >= 15 is 0 Å². The molecule has 0 aromatic carbocycles. The van der Waals surface area contributed by atoms with Crippen molar-refractivity contribution in [3.05, 3.63) is 0 Å². The molecule has 0 amide bonds. The molecule has 74 valence electrons. The molecule has 0 atom stereocenters. The molecule has 0 radical (unpaired) electrons. The average Bonchev–Trinajstić information content (AvgIpc) is 2.01. The highest BCUT2D eigenvalue weighted by molar-refractivity contribution is 4.92. The van der Waals surface area contributed by atoms with Gasteiger partial charge in [-0.2, -0.15) is 5.26 Å². The third-order valence-corrected chi connectivity index (χ3v) is 2.86. The van der Waals surface area contributed by atoms with Crippen LogP contribution < -0.4 is 5.32 Å². The van der Waals surface area contributed by atoms with Gasteiger partial charge in [0.15, 0.2) is 0 Å². The number of nitriles is 1. The maximum Gasteiger partial charge on any atom is 0.0684 e. The summed E-state index contributed by atoms with van der Waals surface area (Å²) in [6, 6.07) is 3.05. The van der Waals surface area contributed by atoms with Crippen LogP contribution in [0, 0.1) is 22.7 Å². The summed E-state index contributed by atoms with van der Waals surface area (Å²) in [5.74, 6) is 0.904. The van der Waals surface area contributed by atoms with Crippen molar-refractivity contribution < 1.29 is 0 Å². The second-order valence-electron chi connectivity index (χ2n) is 4.97. The molecule has 2 heteroatoms. The van der Waals surface area contributed by atoms with Crippen LogP contribution in [0.25, 0.3) is 0 Å². The Kier molecular flexibility index (Phi) is 3.33. The minimum Gasteiger partial charge on any atom is -0.314 e. The Morgan fingerprint density at radius 2 is 2.08 bits per heavy atom. The molecule has 0 aromatic rings. The molecule has 1 fully saturated rings. The molecule has 1 aliphatic rings. The molecule has 0 bridgehead atoms. The lowest BCUT2D eigenvalue weighted by molar-refractivity contribution is 0.235. The van der Waals surface area contributed by atoms with Crippen molar-refractivity contribution in [1.82, 2.24) is 5.32 Å². The van der Waals surface area contributed by atoms with Gasteiger partial charge in [0.2, 0.25) is 0 Å². The Morgan fingerprint density at radius 1 is 1.46 bits per heavy atom. The maximum atomic E-state index is 8.79. The van der Waals surface area contributed by atoms with Gasteiger partial charge in [0.05, 0.1) is 11.5 Å². The first-order chi connectivity index (χ1) is 6.03. The van der Waals surface area contributed by atoms with Crippen molar-refractivity contribution in [1.29, 1.82) is 5.26 Å². The molecule has 1 aliphatic carbocycles. The van der Waals surface area contributed by atoms with Crippen LogP contribution in [0.5, 0.6) is 0 Å². The van der Waals surface area contributed by atoms with E-state index in [-0.39, 0.29) is 5.41 Å². The van der Waals surface area contributed by atoms with Gasteiger partial charge in [0.1, 0.15) is 0 Å². The second kappa shape index (κ2) is 4.11. The third-order valence-electron chi connectivity index (χ3n) is 2.86. The first-order valence-corrected chi connectivity index (χ1v) is 5.18. The molecule has 1 saturated carbocycles. The lowest BCUT2D eigenvalue weighted by Crippen LogP contribution is -2.41. The van der Waals surface area contributed by atoms with E-state index < -0.39 is 0 Å². The standard InChI is InChI=1S/C11H20N2/c1-9-6-10(7-9)13-5-4-11(2,3)8-12/h9-10,13H,4-7H2,1-3H3. The number of nitrogens with one attached hydrogen (secondary N) is 1. The van der Waals surface area contributed by atoms with Crippen molar-refractivity contribution in [3.63, 3.8) is 0 Å². The van der Waals surface area contributed by atoms with Crippen LogP contribution in [0.1, 0.15) is 40.0 Å². The van der Waals surface area contributed by atoms with Gasteiger partial charge in [-0.05, 0) is 45.6 Å². The van der Waals surface area contributed by atoms with Crippen LogP contribution in [0.4, 0.5) is 0 Å². The number of hydrogen-bond donors (Lipinski definition) is 1. The summed E-state index contributed by atoms with van der Waals surface area (Å²) in [7, 11) is 0. The van der Waals surface area contributed by atoms with Crippen LogP contribution in [0.3, 0.4) is 0 Å². The highest BCUT2D eigenvalue weighted by Gasteiger charge is 2.25. The Morgan fingerprint density at radius 3 is 2.54 bits per heavy atom. The van der Waals surface area contributed by atoms with E-state index in [1.54, 1.807) is 0 Å². The Labute approximate surface area is 81.3 Å². The van der Waals surface area contributed by atoms with Crippen molar-refractivity contribution in [2.75, 3.05) is 6.54 Å². The van der Waals surface area contributed by atoms with Gasteiger partial charge in [-0.25, -0.2) is 0 Å². The topological polar surface area (TPSA) is 35.8 Å². The molecule has 0 spiro atoms. The largest absolute Gasteiger partial charge is 0.314 e. The van der Waals surface area contributed by atoms with E-state index in [4.69, 9.17) is 5.26 Å². The molecule has 0 aromatic heterocycles. The minimum atomic E-state index is -0.164. The van der Waals surface area contributed by atoms with E-state index in [2.05, 4.69) is 18.3 Å². The van der Waals surface area contributed by atoms with E-state index in [0.717, 1.165) is 24.9 Å². The summed E-state index contributed by atoms with van der Waals surface area (Å²) < 4.78 is 0. The molecule has 13 heavy (non-hydrogen) atoms. The van der Waals surface area contributed by atoms with Crippen molar-refractivity contribution in [2.45, 2.75) is 46.1 Å². The van der Waals surface area contributed by atoms with Crippen LogP contribution >= 0.6 is 0 Å². The van der Waals surface area contributed by atoms with Crippen LogP contribution in [-0.2, 0) is 0 Å². The fraction of sp³-hybridized carbons (Fsp3) is 0.909. The van der Waals surface area contributed by atoms with Crippen molar-refractivity contribution in [3.8, 4) is 6.07 Å². The van der Waals surface area contributed by atoms with Crippen LogP contribution in [-0.4, -0.2) is 12.6 Å². The van der Waals surface area contributed by atoms with Gasteiger partial charge in [-0.15, -0.1) is 0 Å². The predicted octanol–water partition coefficient (Wildman–Crippen LogP) is 2.31. The van der Waals surface area contributed by atoms with Gasteiger partial charge in [-0.3, -0.25) is 0 Å². The predicted molar refractivity (Wildman–Crippen MR) is 54.2 cm³/mol. The smallest absolute Gasteiger partial charge is 0.0684 e. The van der Waals surface area contributed by atoms with E-state index in [0.29, 0.717) is 0 Å². The number of hydrogen-bond acceptors (Lipinski definition) is 2. The monoisotopic (exact) mass is 180 g/mol. The first kappa shape index (κ1) is 10.5. The molecular weight excluding hydrogens is 160 g/mol. The zero-order valence-electron chi connectivity index (χ0n) is 8.93. The number of nitrogens with zero attached hydrogens (tertiary/aromatic N) is 1. The molecule has 0 unspecified atom stereocenters. The highest BCUT2D eigenvalue weighted by Crippen LogP contribution is 2.26. The van der Waals surface area contributed by atoms with Gasteiger partial charge in [-0.1, -0.05) is 6.92 Å². The summed E-state index contributed by atoms with van der Waals surface area (Å²) in [6.07, 6.45) is 3.58. The second-order valence-corrected chi connectivity index (χ2v) is 4.97. The molecule has 1 rings (SSSR count). The summed E-state index contributed by atoms with van der Waals surface area (Å²) in [5, 5.41) is 12.3. The van der Waals surface area contributed by atoms with Gasteiger partial charge in [0.25, 0.3) is 0 Å². The van der Waals surface area contributed by atoms with Crippen molar-refractivity contribution >= 4 is 0 Å². The molecule has 0 heterocycles. The maximum absolute atomic E-state index is 8.79. The summed E-state index contributed by atoms with van der Waals surface area (Å²) in [5.41, 5.74) is -0.164. The third kappa shape index (κ3) is 3.36. The summed E-state index contributed by atoms with van der Waals surface area (Å²) in [4.78, 5) is 0. The lowest BCUT2D eigenvalue weighted by Gasteiger charge is -2.34.